The number of hydrogen-bond donors (Lipinski definition) is 6. The number of anilines is 2. The molecule has 356 valence electrons. The third kappa shape index (κ3) is 8.78. The minimum absolute atomic E-state index is 0.133. The summed E-state index contributed by atoms with van der Waals surface area (Å²) >= 11 is 0. The number of rotatable bonds is 13. The number of H-pyrrole nitrogens is 2. The van der Waals surface area contributed by atoms with E-state index in [4.69, 9.17) is 14.7 Å². The third-order valence-corrected chi connectivity index (χ3v) is 14.6. The molecule has 17 heteroatoms. The molecule has 67 heavy (non-hydrogen) atoms. The highest BCUT2D eigenvalue weighted by molar-refractivity contribution is 5.96. The summed E-state index contributed by atoms with van der Waals surface area (Å²) in [6.07, 6.45) is 5.64. The predicted octanol–water partition coefficient (Wildman–Crippen LogP) is 8.14. The molecule has 6 N–H and O–H groups in total. The monoisotopic (exact) mass is 918 g/mol. The maximum absolute atomic E-state index is 16.4. The van der Waals surface area contributed by atoms with E-state index in [9.17, 15) is 24.3 Å². The molecular weight excluding hydrogens is 856 g/mol. The summed E-state index contributed by atoms with van der Waals surface area (Å²) in [5, 5.41) is 18.1. The number of halogens is 1. The van der Waals surface area contributed by atoms with Gasteiger partial charge in [-0.1, -0.05) is 39.8 Å². The number of carbonyl (C=O) groups excluding carboxylic acids is 3. The summed E-state index contributed by atoms with van der Waals surface area (Å²) < 4.78 is 21.3. The van der Waals surface area contributed by atoms with Crippen LogP contribution in [0.3, 0.4) is 0 Å². The van der Waals surface area contributed by atoms with Gasteiger partial charge in [0.1, 0.15) is 29.0 Å². The molecule has 3 amide bonds. The topological polar surface area (TPSA) is 201 Å². The zero-order chi connectivity index (χ0) is 47.1. The number of carbonyl (C=O) groups is 4. The number of nitrogens with one attached hydrogen (secondary N) is 5. The van der Waals surface area contributed by atoms with Crippen molar-refractivity contribution >= 4 is 57.3 Å². The predicted molar refractivity (Wildman–Crippen MR) is 253 cm³/mol. The number of methoxy groups -OCH3 is 1. The summed E-state index contributed by atoms with van der Waals surface area (Å²) in [7, 11) is 1.28. The molecular formula is C50H63FN10O6. The van der Waals surface area contributed by atoms with Crippen LogP contribution in [0.1, 0.15) is 126 Å². The highest BCUT2D eigenvalue weighted by Gasteiger charge is 2.49. The van der Waals surface area contributed by atoms with E-state index >= 15 is 4.39 Å². The van der Waals surface area contributed by atoms with Crippen molar-refractivity contribution in [2.24, 2.45) is 11.8 Å². The zero-order valence-corrected chi connectivity index (χ0v) is 39.0. The molecule has 4 aliphatic heterocycles. The SMILES string of the molecule is COC(=O)N[C@H](C(=O)[C@@]1(c2nc3ccc([C@@H]4CC[C@@H](c5ccc6nc([C@@H]7CCCN7C(=O)[C@@H](NC(=O)O)C(C)C)[nH]c6c5)N4c4ccc(N5CCCCC5)c(F)c4)cc3[nH]2)CCCN1)C(C)C. The van der Waals surface area contributed by atoms with Crippen LogP contribution in [0.15, 0.2) is 54.6 Å². The Balaban J connectivity index is 1.05. The van der Waals surface area contributed by atoms with Crippen molar-refractivity contribution in [3.05, 3.63) is 83.2 Å². The third-order valence-electron chi connectivity index (χ3n) is 14.6. The highest BCUT2D eigenvalue weighted by Crippen LogP contribution is 2.49. The minimum Gasteiger partial charge on any atom is -0.465 e. The molecule has 4 aliphatic rings. The molecule has 16 nitrogen and oxygen atoms in total. The molecule has 4 saturated heterocycles. The lowest BCUT2D eigenvalue weighted by atomic mass is 9.83. The van der Waals surface area contributed by atoms with Crippen LogP contribution in [0.4, 0.5) is 25.4 Å². The number of Topliss-reactive ketones (excluding diaryl/α,β-unsaturated/α-hetero) is 1. The number of nitrogens with zero attached hydrogens (tertiary/aromatic N) is 5. The lowest BCUT2D eigenvalue weighted by Gasteiger charge is -2.34. The largest absolute Gasteiger partial charge is 0.465 e. The number of ketones is 1. The van der Waals surface area contributed by atoms with Crippen molar-refractivity contribution in [3.8, 4) is 0 Å². The average molecular weight is 919 g/mol. The number of fused-ring (bicyclic) bond motifs is 2. The van der Waals surface area contributed by atoms with Gasteiger partial charge < -0.3 is 45.1 Å². The summed E-state index contributed by atoms with van der Waals surface area (Å²) in [4.78, 5) is 75.4. The van der Waals surface area contributed by atoms with Crippen molar-refractivity contribution < 1.29 is 33.4 Å². The summed E-state index contributed by atoms with van der Waals surface area (Å²) in [5.41, 5.74) is 5.38. The molecule has 2 aromatic heterocycles. The van der Waals surface area contributed by atoms with Gasteiger partial charge in [-0.3, -0.25) is 14.9 Å². The minimum atomic E-state index is -1.23. The van der Waals surface area contributed by atoms with E-state index < -0.39 is 29.8 Å². The molecule has 0 saturated carbocycles. The van der Waals surface area contributed by atoms with E-state index in [-0.39, 0.29) is 47.5 Å². The van der Waals surface area contributed by atoms with Crippen LogP contribution in [-0.4, -0.2) is 99.2 Å². The van der Waals surface area contributed by atoms with Gasteiger partial charge in [-0.25, -0.2) is 23.9 Å². The van der Waals surface area contributed by atoms with Crippen LogP contribution in [0.25, 0.3) is 22.1 Å². The number of hydrogen-bond acceptors (Lipinski definition) is 10. The second-order valence-electron chi connectivity index (χ2n) is 19.5. The molecule has 9 rings (SSSR count). The van der Waals surface area contributed by atoms with Crippen LogP contribution in [0.5, 0.6) is 0 Å². The van der Waals surface area contributed by atoms with Crippen LogP contribution in [-0.2, 0) is 19.9 Å². The smallest absolute Gasteiger partial charge is 0.407 e. The zero-order valence-electron chi connectivity index (χ0n) is 39.0. The van der Waals surface area contributed by atoms with E-state index in [1.807, 2.05) is 52.0 Å². The fourth-order valence-corrected chi connectivity index (χ4v) is 11.1. The lowest BCUT2D eigenvalue weighted by Crippen LogP contribution is -2.57. The Morgan fingerprint density at radius 1 is 0.776 bits per heavy atom. The molecule has 6 atom stereocenters. The van der Waals surface area contributed by atoms with E-state index in [0.717, 1.165) is 91.4 Å². The first kappa shape index (κ1) is 45.9. The molecule has 0 aliphatic carbocycles. The number of piperidine rings is 1. The number of alkyl carbamates (subject to hydrolysis) is 1. The summed E-state index contributed by atoms with van der Waals surface area (Å²) in [6.45, 7) is 10.2. The number of likely N-dealkylation sites (tertiary alicyclic amines) is 1. The Morgan fingerprint density at radius 3 is 2.06 bits per heavy atom. The van der Waals surface area contributed by atoms with Crippen LogP contribution >= 0.6 is 0 Å². The maximum Gasteiger partial charge on any atom is 0.407 e. The number of carboxylic acid groups (broad SMARTS) is 1. The van der Waals surface area contributed by atoms with E-state index in [1.165, 1.54) is 7.11 Å². The number of amides is 3. The molecule has 0 spiro atoms. The van der Waals surface area contributed by atoms with Crippen molar-refractivity contribution in [3.63, 3.8) is 0 Å². The van der Waals surface area contributed by atoms with Crippen LogP contribution in [0.2, 0.25) is 0 Å². The fourth-order valence-electron chi connectivity index (χ4n) is 11.1. The first-order valence-electron chi connectivity index (χ1n) is 24.0. The van der Waals surface area contributed by atoms with Gasteiger partial charge in [0.05, 0.1) is 59.0 Å². The van der Waals surface area contributed by atoms with Gasteiger partial charge in [0.25, 0.3) is 0 Å². The second-order valence-corrected chi connectivity index (χ2v) is 19.5. The van der Waals surface area contributed by atoms with Gasteiger partial charge in [-0.15, -0.1) is 0 Å². The Kier molecular flexibility index (Phi) is 12.9. The van der Waals surface area contributed by atoms with Crippen LogP contribution < -0.4 is 25.8 Å². The quantitative estimate of drug-likeness (QED) is 0.0666. The average Bonchev–Trinajstić information content (AvgIpc) is 4.18. The van der Waals surface area contributed by atoms with Gasteiger partial charge >= 0.3 is 12.2 Å². The van der Waals surface area contributed by atoms with Crippen molar-refractivity contribution in [1.29, 1.82) is 0 Å². The lowest BCUT2D eigenvalue weighted by molar-refractivity contribution is -0.135. The molecule has 6 heterocycles. The van der Waals surface area contributed by atoms with E-state index in [1.54, 1.807) is 11.0 Å². The van der Waals surface area contributed by atoms with Crippen molar-refractivity contribution in [2.45, 2.75) is 121 Å². The van der Waals surface area contributed by atoms with Gasteiger partial charge in [-0.2, -0.15) is 0 Å². The van der Waals surface area contributed by atoms with Gasteiger partial charge in [-0.05, 0) is 130 Å². The van der Waals surface area contributed by atoms with Crippen molar-refractivity contribution in [2.75, 3.05) is 43.1 Å². The number of benzene rings is 3. The van der Waals surface area contributed by atoms with E-state index in [0.29, 0.717) is 48.8 Å². The Hall–Kier alpha value is -6.23. The maximum atomic E-state index is 16.4. The summed E-state index contributed by atoms with van der Waals surface area (Å²) in [5.74, 6) is 0.0622. The second kappa shape index (κ2) is 18.8. The molecule has 0 bridgehead atoms. The number of aromatic amines is 2. The molecule has 5 aromatic rings. The molecule has 0 unspecified atom stereocenters. The normalized spacial score (nSPS) is 23.1. The number of imidazole rings is 2. The van der Waals surface area contributed by atoms with Crippen LogP contribution in [0, 0.1) is 17.7 Å². The fraction of sp³-hybridized carbons (Fsp3) is 0.520. The van der Waals surface area contributed by atoms with Gasteiger partial charge in [0.15, 0.2) is 5.78 Å². The first-order valence-corrected chi connectivity index (χ1v) is 24.0. The Labute approximate surface area is 389 Å². The molecule has 3 aromatic carbocycles. The Bertz CT molecular complexity index is 2650. The Morgan fingerprint density at radius 2 is 1.45 bits per heavy atom. The van der Waals surface area contributed by atoms with Gasteiger partial charge in [0, 0.05) is 25.3 Å². The molecule has 0 radical (unpaired) electrons. The highest BCUT2D eigenvalue weighted by atomic mass is 19.1. The standard InChI is InChI=1S/C50H63FN10O6/c1-28(2)42(58-49(66)67-5)44(62)50(20-10-21-52-50)47-55-35-16-13-31(26-37(35)56-47)39-19-18-38(61(39)32-14-17-40(33(51)27-32)59-22-7-6-8-23-59)30-12-15-34-36(25-30)54-45(53-34)41-11-9-24-60(41)46(63)43(29(3)4)57-48(64)65/h12-17,25-29,38-39,41-43,52,57H,6-11,18-24H2,1-5H3,(H,53,54)(H,55,56)(H,58,66)(H,64,65)/t38-,39-,41-,42-,43-,50+/m0/s1. The van der Waals surface area contributed by atoms with E-state index in [2.05, 4.69) is 60.0 Å². The number of ether oxygens (including phenoxy) is 1. The van der Waals surface area contributed by atoms with Gasteiger partial charge in [0.2, 0.25) is 5.91 Å². The van der Waals surface area contributed by atoms with Crippen molar-refractivity contribution in [1.82, 2.24) is 40.8 Å². The number of aromatic nitrogens is 4. The first-order chi connectivity index (χ1) is 32.3. The summed E-state index contributed by atoms with van der Waals surface area (Å²) in [6, 6.07) is 15.7. The molecule has 4 fully saturated rings.